The summed E-state index contributed by atoms with van der Waals surface area (Å²) in [5, 5.41) is 2.25. The third-order valence-corrected chi connectivity index (χ3v) is 13.4. The molecule has 2 aliphatic heterocycles. The van der Waals surface area contributed by atoms with Crippen LogP contribution in [0, 0.1) is 17.8 Å². The smallest absolute Gasteiger partial charge is 0.306 e. The Morgan fingerprint density at radius 1 is 0.517 bits per heavy atom. The van der Waals surface area contributed by atoms with Crippen molar-refractivity contribution in [3.05, 3.63) is 0 Å². The van der Waals surface area contributed by atoms with E-state index in [1.165, 1.54) is 103 Å². The number of hydroxylamine groups is 2. The average molecular weight is 819 g/mol. The first-order chi connectivity index (χ1) is 27.8. The average Bonchev–Trinajstić information content (AvgIpc) is 3.16. The van der Waals surface area contributed by atoms with Crippen LogP contribution >= 0.6 is 0 Å². The quantitative estimate of drug-likeness (QED) is 0.0482. The van der Waals surface area contributed by atoms with Crippen molar-refractivity contribution >= 4 is 11.9 Å². The van der Waals surface area contributed by atoms with E-state index in [0.717, 1.165) is 77.2 Å². The van der Waals surface area contributed by atoms with Gasteiger partial charge in [0, 0.05) is 62.2 Å². The Labute approximate surface area is 360 Å². The van der Waals surface area contributed by atoms with Crippen LogP contribution in [0.3, 0.4) is 0 Å². The maximum Gasteiger partial charge on any atom is 0.306 e. The number of carbonyl (C=O) groups excluding carboxylic acids is 2. The number of nitrogens with zero attached hydrogens (tertiary/aromatic N) is 2. The molecule has 0 amide bonds. The SMILES string of the molecule is CCCCCCCCCCON1C(C(C)C)CC(OC(=O)CCCCCCCCC(=O)OC2CC(C(C)C)N(CCCCCCCCCC)C(C(C)C)C2)CC1(C)C. The summed E-state index contributed by atoms with van der Waals surface area (Å²) >= 11 is 0. The van der Waals surface area contributed by atoms with E-state index in [0.29, 0.717) is 42.7 Å². The zero-order valence-corrected chi connectivity index (χ0v) is 40.3. The topological polar surface area (TPSA) is 68.3 Å². The van der Waals surface area contributed by atoms with Crippen LogP contribution in [0.25, 0.3) is 0 Å². The van der Waals surface area contributed by atoms with E-state index in [2.05, 4.69) is 79.2 Å². The van der Waals surface area contributed by atoms with Crippen LogP contribution in [-0.2, 0) is 23.9 Å². The fraction of sp³-hybridized carbons (Fsp3) is 0.961. The minimum atomic E-state index is -0.179. The van der Waals surface area contributed by atoms with Gasteiger partial charge in [-0.15, -0.1) is 0 Å². The minimum absolute atomic E-state index is 0.0157. The number of unbranched alkanes of at least 4 members (excludes halogenated alkanes) is 19. The summed E-state index contributed by atoms with van der Waals surface area (Å²) in [6.45, 7) is 24.9. The number of piperidine rings is 2. The van der Waals surface area contributed by atoms with Crippen molar-refractivity contribution in [2.45, 2.75) is 285 Å². The van der Waals surface area contributed by atoms with Crippen LogP contribution in [0.5, 0.6) is 0 Å². The van der Waals surface area contributed by atoms with Gasteiger partial charge in [-0.25, -0.2) is 0 Å². The maximum absolute atomic E-state index is 13.0. The van der Waals surface area contributed by atoms with Gasteiger partial charge in [0.15, 0.2) is 0 Å². The molecule has 2 aliphatic rings. The molecule has 0 aliphatic carbocycles. The second-order valence-corrected chi connectivity index (χ2v) is 20.3. The first-order valence-corrected chi connectivity index (χ1v) is 25.4. The predicted molar refractivity (Wildman–Crippen MR) is 245 cm³/mol. The van der Waals surface area contributed by atoms with Gasteiger partial charge in [0.1, 0.15) is 12.2 Å². The highest BCUT2D eigenvalue weighted by atomic mass is 16.7. The van der Waals surface area contributed by atoms with Gasteiger partial charge < -0.3 is 9.47 Å². The third-order valence-electron chi connectivity index (χ3n) is 13.4. The van der Waals surface area contributed by atoms with Gasteiger partial charge in [0.05, 0.1) is 6.61 Å². The van der Waals surface area contributed by atoms with Crippen LogP contribution in [0.2, 0.25) is 0 Å². The van der Waals surface area contributed by atoms with Crippen LogP contribution in [0.4, 0.5) is 0 Å². The van der Waals surface area contributed by atoms with Crippen LogP contribution in [0.15, 0.2) is 0 Å². The van der Waals surface area contributed by atoms with Gasteiger partial charge in [-0.05, 0) is 63.8 Å². The van der Waals surface area contributed by atoms with E-state index in [4.69, 9.17) is 14.3 Å². The molecule has 0 aromatic heterocycles. The summed E-state index contributed by atoms with van der Waals surface area (Å²) in [4.78, 5) is 35.2. The van der Waals surface area contributed by atoms with Crippen molar-refractivity contribution in [1.82, 2.24) is 9.96 Å². The summed E-state index contributed by atoms with van der Waals surface area (Å²) in [5.41, 5.74) is -0.179. The first-order valence-electron chi connectivity index (χ1n) is 25.4. The number of rotatable bonds is 33. The molecule has 2 saturated heterocycles. The Kier molecular flexibility index (Phi) is 28.1. The number of carbonyl (C=O) groups is 2. The van der Waals surface area contributed by atoms with E-state index in [1.54, 1.807) is 0 Å². The maximum atomic E-state index is 13.0. The number of hydrogen-bond donors (Lipinski definition) is 0. The van der Waals surface area contributed by atoms with Gasteiger partial charge in [0.25, 0.3) is 0 Å². The zero-order valence-electron chi connectivity index (χ0n) is 40.3. The molecule has 0 N–H and O–H groups in total. The molecule has 0 bridgehead atoms. The summed E-state index contributed by atoms with van der Waals surface area (Å²) < 4.78 is 12.3. The lowest BCUT2D eigenvalue weighted by Gasteiger charge is -2.50. The highest BCUT2D eigenvalue weighted by Crippen LogP contribution is 2.37. The second-order valence-electron chi connectivity index (χ2n) is 20.3. The molecule has 2 rings (SSSR count). The molecule has 0 spiro atoms. The molecule has 342 valence electrons. The normalized spacial score (nSPS) is 22.9. The Balaban J connectivity index is 1.62. The van der Waals surface area contributed by atoms with E-state index >= 15 is 0 Å². The minimum Gasteiger partial charge on any atom is -0.462 e. The Morgan fingerprint density at radius 3 is 1.34 bits per heavy atom. The molecule has 4 atom stereocenters. The number of likely N-dealkylation sites (tertiary alicyclic amines) is 1. The second kappa shape index (κ2) is 30.8. The molecule has 0 saturated carbocycles. The summed E-state index contributed by atoms with van der Waals surface area (Å²) in [6, 6.07) is 1.20. The van der Waals surface area contributed by atoms with Crippen molar-refractivity contribution in [1.29, 1.82) is 0 Å². The fourth-order valence-electron chi connectivity index (χ4n) is 9.90. The standard InChI is InChI=1S/C51H98N2O5/c1-11-13-15-17-19-23-27-31-35-52-46(41(3)4)37-44(38-47(52)42(5)6)57-49(54)33-29-25-21-22-26-30-34-50(55)58-45-39-48(43(7)8)53(51(9,10)40-45)56-36-32-28-24-20-18-16-14-12-2/h41-48H,11-40H2,1-10H3. The summed E-state index contributed by atoms with van der Waals surface area (Å²) in [6.07, 6.45) is 31.7. The molecule has 58 heavy (non-hydrogen) atoms. The first kappa shape index (κ1) is 53.0. The summed E-state index contributed by atoms with van der Waals surface area (Å²) in [7, 11) is 0. The lowest BCUT2D eigenvalue weighted by molar-refractivity contribution is -0.275. The highest BCUT2D eigenvalue weighted by molar-refractivity contribution is 5.69. The van der Waals surface area contributed by atoms with Crippen molar-refractivity contribution in [2.75, 3.05) is 13.2 Å². The number of hydrogen-bond acceptors (Lipinski definition) is 7. The van der Waals surface area contributed by atoms with E-state index < -0.39 is 0 Å². The molecule has 4 unspecified atom stereocenters. The zero-order chi connectivity index (χ0) is 42.8. The van der Waals surface area contributed by atoms with Gasteiger partial charge in [-0.3, -0.25) is 19.3 Å². The third kappa shape index (κ3) is 21.6. The van der Waals surface area contributed by atoms with E-state index in [9.17, 15) is 9.59 Å². The van der Waals surface area contributed by atoms with Gasteiger partial charge >= 0.3 is 11.9 Å². The predicted octanol–water partition coefficient (Wildman–Crippen LogP) is 14.2. The fourth-order valence-corrected chi connectivity index (χ4v) is 9.90. The van der Waals surface area contributed by atoms with Crippen molar-refractivity contribution in [3.8, 4) is 0 Å². The van der Waals surface area contributed by atoms with Crippen molar-refractivity contribution < 1.29 is 23.9 Å². The molecular weight excluding hydrogens is 721 g/mol. The Hall–Kier alpha value is -1.18. The van der Waals surface area contributed by atoms with Crippen molar-refractivity contribution in [2.24, 2.45) is 17.8 Å². The van der Waals surface area contributed by atoms with Crippen LogP contribution < -0.4 is 0 Å². The van der Waals surface area contributed by atoms with E-state index in [-0.39, 0.29) is 35.7 Å². The van der Waals surface area contributed by atoms with Gasteiger partial charge in [-0.2, -0.15) is 5.06 Å². The van der Waals surface area contributed by atoms with Crippen LogP contribution in [0.1, 0.15) is 249 Å². The monoisotopic (exact) mass is 819 g/mol. The molecule has 0 aromatic rings. The van der Waals surface area contributed by atoms with Crippen molar-refractivity contribution in [3.63, 3.8) is 0 Å². The molecule has 2 heterocycles. The molecule has 7 heteroatoms. The summed E-state index contributed by atoms with van der Waals surface area (Å²) in [5.74, 6) is 1.45. The molecular formula is C51H98N2O5. The molecule has 0 aromatic carbocycles. The molecule has 0 radical (unpaired) electrons. The van der Waals surface area contributed by atoms with Gasteiger partial charge in [-0.1, -0.05) is 171 Å². The number of esters is 2. The lowest BCUT2D eigenvalue weighted by Crippen LogP contribution is -2.58. The Morgan fingerprint density at radius 2 is 0.897 bits per heavy atom. The lowest BCUT2D eigenvalue weighted by atomic mass is 9.82. The van der Waals surface area contributed by atoms with E-state index in [1.807, 2.05) is 0 Å². The van der Waals surface area contributed by atoms with Gasteiger partial charge in [0.2, 0.25) is 0 Å². The largest absolute Gasteiger partial charge is 0.462 e. The number of ether oxygens (including phenoxy) is 2. The molecule has 7 nitrogen and oxygen atoms in total. The molecule has 2 fully saturated rings. The Bertz CT molecular complexity index is 1030. The van der Waals surface area contributed by atoms with Crippen LogP contribution in [-0.4, -0.2) is 70.9 Å². The highest BCUT2D eigenvalue weighted by Gasteiger charge is 2.44.